The van der Waals surface area contributed by atoms with E-state index in [1.165, 1.54) is 7.11 Å². The average Bonchev–Trinajstić information content (AvgIpc) is 3.03. The number of hydrogen-bond acceptors (Lipinski definition) is 5. The number of aromatic nitrogens is 2. The normalized spacial score (nSPS) is 20.9. The lowest BCUT2D eigenvalue weighted by molar-refractivity contribution is -0.189. The summed E-state index contributed by atoms with van der Waals surface area (Å²) in [6.45, 7) is 5.40. The molecule has 1 aromatic carbocycles. The van der Waals surface area contributed by atoms with E-state index in [0.29, 0.717) is 32.6 Å². The SMILES string of the molecule is COC(=O)C[C@H](CN1CCC2(CNC2)C(F)(F)C1)c1cccc(-n2nc(C)cc2C)c1. The summed E-state index contributed by atoms with van der Waals surface area (Å²) in [5.74, 6) is -3.32. The van der Waals surface area contributed by atoms with Gasteiger partial charge in [0.05, 0.1) is 36.9 Å². The van der Waals surface area contributed by atoms with Crippen LogP contribution < -0.4 is 5.32 Å². The molecule has 1 atom stereocenters. The van der Waals surface area contributed by atoms with Crippen molar-refractivity contribution in [1.82, 2.24) is 20.0 Å². The first-order chi connectivity index (χ1) is 14.7. The number of carbonyl (C=O) groups is 1. The maximum Gasteiger partial charge on any atom is 0.306 e. The Morgan fingerprint density at radius 2 is 2.06 bits per heavy atom. The highest BCUT2D eigenvalue weighted by Gasteiger charge is 2.59. The highest BCUT2D eigenvalue weighted by atomic mass is 19.3. The molecule has 2 aliphatic heterocycles. The summed E-state index contributed by atoms with van der Waals surface area (Å²) in [5.41, 5.74) is 2.83. The van der Waals surface area contributed by atoms with E-state index in [-0.39, 0.29) is 24.9 Å². The van der Waals surface area contributed by atoms with Gasteiger partial charge in [0.2, 0.25) is 0 Å². The second-order valence-corrected chi connectivity index (χ2v) is 8.98. The molecular formula is C23H30F2N4O2. The number of rotatable bonds is 6. The van der Waals surface area contributed by atoms with Gasteiger partial charge in [-0.2, -0.15) is 5.10 Å². The summed E-state index contributed by atoms with van der Waals surface area (Å²) >= 11 is 0. The maximum absolute atomic E-state index is 14.9. The fourth-order valence-electron chi connectivity index (χ4n) is 4.79. The largest absolute Gasteiger partial charge is 0.469 e. The lowest BCUT2D eigenvalue weighted by atomic mass is 9.70. The molecule has 1 spiro atoms. The van der Waals surface area contributed by atoms with E-state index in [4.69, 9.17) is 4.74 Å². The first kappa shape index (κ1) is 21.9. The zero-order valence-electron chi connectivity index (χ0n) is 18.3. The number of ether oxygens (including phenoxy) is 1. The van der Waals surface area contributed by atoms with Gasteiger partial charge in [0, 0.05) is 31.2 Å². The van der Waals surface area contributed by atoms with Crippen molar-refractivity contribution >= 4 is 5.97 Å². The van der Waals surface area contributed by atoms with Crippen LogP contribution in [0.3, 0.4) is 0 Å². The van der Waals surface area contributed by atoms with Crippen molar-refractivity contribution in [1.29, 1.82) is 0 Å². The number of methoxy groups -OCH3 is 1. The predicted molar refractivity (Wildman–Crippen MR) is 114 cm³/mol. The van der Waals surface area contributed by atoms with Crippen molar-refractivity contribution in [3.05, 3.63) is 47.3 Å². The third kappa shape index (κ3) is 4.23. The molecule has 2 saturated heterocycles. The van der Waals surface area contributed by atoms with Crippen LogP contribution >= 0.6 is 0 Å². The van der Waals surface area contributed by atoms with Gasteiger partial charge in [0.25, 0.3) is 5.92 Å². The highest BCUT2D eigenvalue weighted by Crippen LogP contribution is 2.46. The Hall–Kier alpha value is -2.32. The van der Waals surface area contributed by atoms with Crippen LogP contribution in [0.15, 0.2) is 30.3 Å². The maximum atomic E-state index is 14.9. The Balaban J connectivity index is 1.57. The minimum absolute atomic E-state index is 0.145. The van der Waals surface area contributed by atoms with Gasteiger partial charge in [-0.1, -0.05) is 12.1 Å². The molecule has 4 rings (SSSR count). The van der Waals surface area contributed by atoms with Gasteiger partial charge in [0.15, 0.2) is 0 Å². The van der Waals surface area contributed by atoms with Gasteiger partial charge in [-0.3, -0.25) is 9.69 Å². The fraction of sp³-hybridized carbons (Fsp3) is 0.565. The lowest BCUT2D eigenvalue weighted by Gasteiger charge is -2.53. The number of hydrogen-bond donors (Lipinski definition) is 1. The van der Waals surface area contributed by atoms with Crippen LogP contribution in [-0.2, 0) is 9.53 Å². The second kappa shape index (κ2) is 8.31. The monoisotopic (exact) mass is 432 g/mol. The Morgan fingerprint density at radius 3 is 2.65 bits per heavy atom. The second-order valence-electron chi connectivity index (χ2n) is 8.98. The summed E-state index contributed by atoms with van der Waals surface area (Å²) in [5, 5.41) is 7.54. The molecular weight excluding hydrogens is 402 g/mol. The van der Waals surface area contributed by atoms with Crippen LogP contribution in [0.2, 0.25) is 0 Å². The number of nitrogens with zero attached hydrogens (tertiary/aromatic N) is 3. The molecule has 0 radical (unpaired) electrons. The van der Waals surface area contributed by atoms with Gasteiger partial charge in [-0.25, -0.2) is 13.5 Å². The minimum Gasteiger partial charge on any atom is -0.469 e. The molecule has 31 heavy (non-hydrogen) atoms. The number of esters is 1. The summed E-state index contributed by atoms with van der Waals surface area (Å²) in [7, 11) is 1.36. The van der Waals surface area contributed by atoms with Gasteiger partial charge < -0.3 is 10.1 Å². The summed E-state index contributed by atoms with van der Waals surface area (Å²) in [6, 6.07) is 9.82. The number of piperidine rings is 1. The highest BCUT2D eigenvalue weighted by molar-refractivity contribution is 5.70. The Bertz CT molecular complexity index is 955. The van der Waals surface area contributed by atoms with Gasteiger partial charge in [-0.05, 0) is 50.6 Å². The molecule has 6 nitrogen and oxygen atoms in total. The van der Waals surface area contributed by atoms with E-state index >= 15 is 0 Å². The van der Waals surface area contributed by atoms with Crippen LogP contribution in [0.5, 0.6) is 0 Å². The zero-order chi connectivity index (χ0) is 22.2. The molecule has 0 aliphatic carbocycles. The molecule has 168 valence electrons. The minimum atomic E-state index is -2.74. The topological polar surface area (TPSA) is 59.4 Å². The van der Waals surface area contributed by atoms with Crippen molar-refractivity contribution < 1.29 is 18.3 Å². The first-order valence-electron chi connectivity index (χ1n) is 10.7. The van der Waals surface area contributed by atoms with E-state index in [1.54, 1.807) is 4.90 Å². The molecule has 2 aliphatic rings. The van der Waals surface area contributed by atoms with E-state index in [1.807, 2.05) is 48.9 Å². The summed E-state index contributed by atoms with van der Waals surface area (Å²) in [4.78, 5) is 13.9. The van der Waals surface area contributed by atoms with Crippen LogP contribution in [0.25, 0.3) is 5.69 Å². The number of alkyl halides is 2. The Morgan fingerprint density at radius 1 is 1.29 bits per heavy atom. The number of likely N-dealkylation sites (tertiary alicyclic amines) is 1. The van der Waals surface area contributed by atoms with Crippen molar-refractivity contribution in [2.24, 2.45) is 5.41 Å². The molecule has 1 aromatic heterocycles. The molecule has 2 aromatic rings. The van der Waals surface area contributed by atoms with Crippen molar-refractivity contribution in [2.75, 3.05) is 39.8 Å². The number of halogens is 2. The van der Waals surface area contributed by atoms with E-state index in [2.05, 4.69) is 10.4 Å². The molecule has 8 heteroatoms. The summed E-state index contributed by atoms with van der Waals surface area (Å²) in [6.07, 6.45) is 0.607. The predicted octanol–water partition coefficient (Wildman–Crippen LogP) is 3.07. The average molecular weight is 433 g/mol. The van der Waals surface area contributed by atoms with Crippen LogP contribution in [0.4, 0.5) is 8.78 Å². The lowest BCUT2D eigenvalue weighted by Crippen LogP contribution is -2.69. The van der Waals surface area contributed by atoms with E-state index in [9.17, 15) is 13.6 Å². The smallest absolute Gasteiger partial charge is 0.306 e. The van der Waals surface area contributed by atoms with Crippen molar-refractivity contribution in [2.45, 2.75) is 38.5 Å². The van der Waals surface area contributed by atoms with Crippen molar-refractivity contribution in [3.8, 4) is 5.69 Å². The number of aryl methyl sites for hydroxylation is 2. The molecule has 0 saturated carbocycles. The number of nitrogens with one attached hydrogen (secondary N) is 1. The Labute approximate surface area is 181 Å². The van der Waals surface area contributed by atoms with E-state index in [0.717, 1.165) is 22.6 Å². The molecule has 0 bridgehead atoms. The number of carbonyl (C=O) groups excluding carboxylic acids is 1. The van der Waals surface area contributed by atoms with Crippen molar-refractivity contribution in [3.63, 3.8) is 0 Å². The molecule has 0 amide bonds. The number of benzene rings is 1. The zero-order valence-corrected chi connectivity index (χ0v) is 18.3. The Kier molecular flexibility index (Phi) is 5.87. The van der Waals surface area contributed by atoms with Crippen LogP contribution in [0.1, 0.15) is 35.7 Å². The standard InChI is InChI=1S/C23H30F2N4O2/c1-16-9-17(2)29(27-16)20-6-4-5-18(10-20)19(11-21(30)31-3)12-28-8-7-22(13-26-14-22)23(24,25)15-28/h4-6,9-10,19,26H,7-8,11-15H2,1-3H3/t19-/m1/s1. The van der Waals surface area contributed by atoms with Gasteiger partial charge >= 0.3 is 5.97 Å². The first-order valence-corrected chi connectivity index (χ1v) is 10.7. The fourth-order valence-corrected chi connectivity index (χ4v) is 4.79. The van der Waals surface area contributed by atoms with Crippen LogP contribution in [0, 0.1) is 19.3 Å². The quantitative estimate of drug-likeness (QED) is 0.711. The molecule has 1 N–H and O–H groups in total. The molecule has 2 fully saturated rings. The van der Waals surface area contributed by atoms with Crippen LogP contribution in [-0.4, -0.2) is 66.4 Å². The van der Waals surface area contributed by atoms with Gasteiger partial charge in [0.1, 0.15) is 0 Å². The molecule has 0 unspecified atom stereocenters. The van der Waals surface area contributed by atoms with Gasteiger partial charge in [-0.15, -0.1) is 0 Å². The third-order valence-corrected chi connectivity index (χ3v) is 6.75. The van der Waals surface area contributed by atoms with E-state index < -0.39 is 11.3 Å². The third-order valence-electron chi connectivity index (χ3n) is 6.75. The summed E-state index contributed by atoms with van der Waals surface area (Å²) < 4.78 is 36.5. The molecule has 3 heterocycles.